The van der Waals surface area contributed by atoms with Crippen molar-refractivity contribution in [2.45, 2.75) is 0 Å². The van der Waals surface area contributed by atoms with Gasteiger partial charge in [0, 0.05) is 36.0 Å². The molecule has 0 unspecified atom stereocenters. The van der Waals surface area contributed by atoms with Crippen LogP contribution in [0.3, 0.4) is 0 Å². The number of carboxylic acids is 1. The number of nitrogens with one attached hydrogen (secondary N) is 1. The van der Waals surface area contributed by atoms with E-state index in [-0.39, 0.29) is 41.7 Å². The summed E-state index contributed by atoms with van der Waals surface area (Å²) >= 11 is 0. The van der Waals surface area contributed by atoms with Crippen molar-refractivity contribution in [3.8, 4) is 22.4 Å². The van der Waals surface area contributed by atoms with Crippen molar-refractivity contribution in [1.82, 2.24) is 9.97 Å². The molecule has 0 amide bonds. The smallest absolute Gasteiger partial charge is 0.338 e. The van der Waals surface area contributed by atoms with E-state index in [4.69, 9.17) is 0 Å². The first-order valence-electron chi connectivity index (χ1n) is 11.0. The predicted octanol–water partition coefficient (Wildman–Crippen LogP) is 4.53. The van der Waals surface area contributed by atoms with Crippen molar-refractivity contribution in [1.29, 1.82) is 0 Å². The molecule has 2 aromatic heterocycles. The van der Waals surface area contributed by atoms with Crippen LogP contribution in [-0.2, 0) is 0 Å². The Balaban J connectivity index is 1.73. The highest BCUT2D eigenvalue weighted by atomic mass is 16.7. The van der Waals surface area contributed by atoms with Gasteiger partial charge in [-0.05, 0) is 35.9 Å². The molecule has 0 aliphatic heterocycles. The summed E-state index contributed by atoms with van der Waals surface area (Å²) in [6.07, 6.45) is 1.45. The molecule has 2 heterocycles. The van der Waals surface area contributed by atoms with Gasteiger partial charge in [-0.25, -0.2) is 24.9 Å². The first kappa shape index (κ1) is 24.7. The zero-order chi connectivity index (χ0) is 26.4. The number of aromatic nitrogens is 2. The number of non-ortho nitro benzene ring substituents is 1. The summed E-state index contributed by atoms with van der Waals surface area (Å²) < 4.78 is 0. The fourth-order valence-electron chi connectivity index (χ4n) is 3.72. The average molecular weight is 500 g/mol. The number of benzene rings is 2. The molecule has 2 N–H and O–H groups in total. The molecule has 37 heavy (non-hydrogen) atoms. The van der Waals surface area contributed by atoms with Crippen LogP contribution in [0.2, 0.25) is 0 Å². The molecule has 0 spiro atoms. The minimum atomic E-state index is -1.22. The standard InChI is InChI=1S/C25H20N6O6/c32-25(33)23-20(17-6-2-1-3-7-17)16-21(28-24(23)18-9-11-19(12-10-18)30(34)35)26-14-15-29(31(36)37)22-8-4-5-13-27-22/h1-13,16H,14-15H2,(H,26,28)(H,32,33). The van der Waals surface area contributed by atoms with E-state index in [1.165, 1.54) is 36.5 Å². The molecule has 0 atom stereocenters. The summed E-state index contributed by atoms with van der Waals surface area (Å²) in [4.78, 5) is 42.9. The van der Waals surface area contributed by atoms with Crippen LogP contribution in [-0.4, -0.2) is 44.1 Å². The minimum absolute atomic E-state index is 0.0556. The summed E-state index contributed by atoms with van der Waals surface area (Å²) in [6.45, 7) is 0.0326. The lowest BCUT2D eigenvalue weighted by molar-refractivity contribution is -0.494. The number of carboxylic acid groups (broad SMARTS) is 1. The molecule has 0 saturated heterocycles. The Morgan fingerprint density at radius 1 is 0.946 bits per heavy atom. The number of rotatable bonds is 10. The van der Waals surface area contributed by atoms with Crippen LogP contribution in [0.4, 0.5) is 17.3 Å². The monoisotopic (exact) mass is 500 g/mol. The second-order valence-corrected chi connectivity index (χ2v) is 7.73. The predicted molar refractivity (Wildman–Crippen MR) is 136 cm³/mol. The highest BCUT2D eigenvalue weighted by Gasteiger charge is 2.23. The van der Waals surface area contributed by atoms with Gasteiger partial charge in [-0.2, -0.15) is 0 Å². The molecular weight excluding hydrogens is 480 g/mol. The van der Waals surface area contributed by atoms with E-state index in [0.29, 0.717) is 16.7 Å². The Morgan fingerprint density at radius 2 is 1.65 bits per heavy atom. The SMILES string of the molecule is O=C(O)c1c(-c2ccccc2)cc(NCCN(c2ccccn2)[N+](=O)[O-])nc1-c1ccc([N+](=O)[O-])cc1. The molecule has 0 bridgehead atoms. The van der Waals surface area contributed by atoms with Crippen LogP contribution in [0.25, 0.3) is 22.4 Å². The molecule has 12 heteroatoms. The number of nitrogens with zero attached hydrogens (tertiary/aromatic N) is 5. The van der Waals surface area contributed by atoms with Crippen molar-refractivity contribution in [2.24, 2.45) is 0 Å². The number of anilines is 2. The highest BCUT2D eigenvalue weighted by molar-refractivity contribution is 6.02. The van der Waals surface area contributed by atoms with E-state index in [1.807, 2.05) is 0 Å². The molecule has 0 aliphatic carbocycles. The van der Waals surface area contributed by atoms with Crippen LogP contribution in [0.15, 0.2) is 85.1 Å². The molecule has 4 aromatic rings. The number of carbonyl (C=O) groups is 1. The quantitative estimate of drug-likeness (QED) is 0.233. The molecule has 12 nitrogen and oxygen atoms in total. The normalized spacial score (nSPS) is 10.5. The molecular formula is C25H20N6O6. The molecule has 0 fully saturated rings. The average Bonchev–Trinajstić information content (AvgIpc) is 2.91. The Labute approximate surface area is 210 Å². The maximum atomic E-state index is 12.4. The number of hydrazine groups is 1. The van der Waals surface area contributed by atoms with Gasteiger partial charge in [0.2, 0.25) is 0 Å². The van der Waals surface area contributed by atoms with Crippen LogP contribution in [0, 0.1) is 20.2 Å². The number of hydrogen-bond acceptors (Lipinski definition) is 8. The van der Waals surface area contributed by atoms with Crippen LogP contribution in [0.1, 0.15) is 10.4 Å². The number of nitro groups is 2. The zero-order valence-electron chi connectivity index (χ0n) is 19.2. The highest BCUT2D eigenvalue weighted by Crippen LogP contribution is 2.34. The van der Waals surface area contributed by atoms with Crippen molar-refractivity contribution < 1.29 is 19.9 Å². The summed E-state index contributed by atoms with van der Waals surface area (Å²) in [6, 6.07) is 20.6. The third kappa shape index (κ3) is 5.65. The van der Waals surface area contributed by atoms with Crippen molar-refractivity contribution in [3.63, 3.8) is 0 Å². The van der Waals surface area contributed by atoms with Crippen LogP contribution < -0.4 is 10.3 Å². The number of pyridine rings is 2. The van der Waals surface area contributed by atoms with E-state index in [2.05, 4.69) is 15.3 Å². The maximum Gasteiger partial charge on any atom is 0.338 e. The number of nitro benzene ring substituents is 1. The molecule has 186 valence electrons. The molecule has 0 radical (unpaired) electrons. The van der Waals surface area contributed by atoms with E-state index >= 15 is 0 Å². The number of hydrogen-bond donors (Lipinski definition) is 2. The van der Waals surface area contributed by atoms with Gasteiger partial charge in [0.25, 0.3) is 5.69 Å². The molecule has 0 aliphatic rings. The fraction of sp³-hybridized carbons (Fsp3) is 0.0800. The van der Waals surface area contributed by atoms with Gasteiger partial charge >= 0.3 is 5.97 Å². The van der Waals surface area contributed by atoms with Gasteiger partial charge in [0.1, 0.15) is 12.4 Å². The Kier molecular flexibility index (Phi) is 7.29. The second-order valence-electron chi connectivity index (χ2n) is 7.73. The van der Waals surface area contributed by atoms with Gasteiger partial charge in [-0.3, -0.25) is 10.1 Å². The second kappa shape index (κ2) is 10.9. The summed E-state index contributed by atoms with van der Waals surface area (Å²) in [5.41, 5.74) is 1.23. The third-order valence-electron chi connectivity index (χ3n) is 5.41. The van der Waals surface area contributed by atoms with Gasteiger partial charge in [-0.1, -0.05) is 41.4 Å². The summed E-state index contributed by atoms with van der Waals surface area (Å²) in [7, 11) is 0. The van der Waals surface area contributed by atoms with E-state index < -0.39 is 15.9 Å². The minimum Gasteiger partial charge on any atom is -0.478 e. The lowest BCUT2D eigenvalue weighted by Crippen LogP contribution is -2.35. The van der Waals surface area contributed by atoms with Gasteiger partial charge in [0.15, 0.2) is 10.9 Å². The summed E-state index contributed by atoms with van der Waals surface area (Å²) in [5.74, 6) is -0.775. The Hall–Kier alpha value is -5.39. The lowest BCUT2D eigenvalue weighted by atomic mass is 9.95. The van der Waals surface area contributed by atoms with Crippen LogP contribution >= 0.6 is 0 Å². The molecule has 2 aromatic carbocycles. The van der Waals surface area contributed by atoms with Gasteiger partial charge in [0.05, 0.1) is 16.2 Å². The summed E-state index contributed by atoms with van der Waals surface area (Å²) in [5, 5.41) is 36.0. The first-order valence-corrected chi connectivity index (χ1v) is 11.0. The largest absolute Gasteiger partial charge is 0.478 e. The Morgan fingerprint density at radius 3 is 2.24 bits per heavy atom. The third-order valence-corrected chi connectivity index (χ3v) is 5.41. The van der Waals surface area contributed by atoms with E-state index in [9.17, 15) is 30.1 Å². The topological polar surface area (TPSA) is 165 Å². The van der Waals surface area contributed by atoms with E-state index in [0.717, 1.165) is 5.01 Å². The molecule has 0 saturated carbocycles. The van der Waals surface area contributed by atoms with Crippen LogP contribution in [0.5, 0.6) is 0 Å². The van der Waals surface area contributed by atoms with Crippen molar-refractivity contribution in [3.05, 3.63) is 111 Å². The van der Waals surface area contributed by atoms with E-state index in [1.54, 1.807) is 48.5 Å². The maximum absolute atomic E-state index is 12.4. The van der Waals surface area contributed by atoms with Crippen molar-refractivity contribution in [2.75, 3.05) is 23.4 Å². The van der Waals surface area contributed by atoms with Gasteiger partial charge < -0.3 is 10.4 Å². The zero-order valence-corrected chi connectivity index (χ0v) is 19.2. The van der Waals surface area contributed by atoms with Crippen molar-refractivity contribution >= 4 is 23.3 Å². The number of aromatic carboxylic acids is 1. The molecule has 4 rings (SSSR count). The van der Waals surface area contributed by atoms with Gasteiger partial charge in [-0.15, -0.1) is 0 Å². The lowest BCUT2D eigenvalue weighted by Gasteiger charge is -2.17. The Bertz CT molecular complexity index is 1430. The first-order chi connectivity index (χ1) is 17.8. The fourth-order valence-corrected chi connectivity index (χ4v) is 3.72.